The summed E-state index contributed by atoms with van der Waals surface area (Å²) in [5, 5.41) is 2.85. The van der Waals surface area contributed by atoms with E-state index in [9.17, 15) is 9.59 Å². The smallest absolute Gasteiger partial charge is 0.355 e. The Kier molecular flexibility index (Phi) is 5.72. The van der Waals surface area contributed by atoms with Crippen LogP contribution in [0.1, 0.15) is 21.7 Å². The zero-order valence-corrected chi connectivity index (χ0v) is 16.3. The van der Waals surface area contributed by atoms with Crippen molar-refractivity contribution in [2.75, 3.05) is 6.79 Å². The van der Waals surface area contributed by atoms with E-state index < -0.39 is 11.9 Å². The predicted octanol–water partition coefficient (Wildman–Crippen LogP) is 4.18. The highest BCUT2D eigenvalue weighted by Gasteiger charge is 2.19. The normalized spacial score (nSPS) is 12.5. The highest BCUT2D eigenvalue weighted by Crippen LogP contribution is 2.33. The van der Waals surface area contributed by atoms with Gasteiger partial charge in [-0.25, -0.2) is 4.79 Å². The first kappa shape index (κ1) is 19.6. The lowest BCUT2D eigenvalue weighted by Crippen LogP contribution is -2.28. The molecule has 2 aromatic carbocycles. The van der Waals surface area contributed by atoms with Crippen LogP contribution in [0.25, 0.3) is 6.08 Å². The van der Waals surface area contributed by atoms with Gasteiger partial charge >= 0.3 is 5.97 Å². The van der Waals surface area contributed by atoms with E-state index in [0.717, 1.165) is 0 Å². The van der Waals surface area contributed by atoms with Gasteiger partial charge in [-0.1, -0.05) is 29.8 Å². The van der Waals surface area contributed by atoms with Gasteiger partial charge in [0.15, 0.2) is 11.5 Å². The van der Waals surface area contributed by atoms with Crippen molar-refractivity contribution in [2.45, 2.75) is 6.61 Å². The second kappa shape index (κ2) is 8.75. The molecule has 0 atom stereocenters. The number of furan rings is 1. The van der Waals surface area contributed by atoms with Crippen LogP contribution in [0.4, 0.5) is 0 Å². The van der Waals surface area contributed by atoms with Gasteiger partial charge in [0.1, 0.15) is 18.1 Å². The van der Waals surface area contributed by atoms with Gasteiger partial charge in [-0.15, -0.1) is 0 Å². The third-order valence-corrected chi connectivity index (χ3v) is 4.55. The summed E-state index contributed by atoms with van der Waals surface area (Å²) in [6, 6.07) is 15.0. The van der Waals surface area contributed by atoms with Crippen molar-refractivity contribution in [3.05, 3.63) is 88.5 Å². The Balaban J connectivity index is 1.59. The fraction of sp³-hybridized carbons (Fsp3) is 0.0909. The quantitative estimate of drug-likeness (QED) is 0.471. The van der Waals surface area contributed by atoms with E-state index in [1.807, 2.05) is 0 Å². The molecule has 30 heavy (non-hydrogen) atoms. The van der Waals surface area contributed by atoms with Crippen molar-refractivity contribution in [1.29, 1.82) is 0 Å². The van der Waals surface area contributed by atoms with Crippen LogP contribution >= 0.6 is 11.6 Å². The number of hydrogen-bond donors (Lipinski definition) is 1. The first-order valence-electron chi connectivity index (χ1n) is 8.97. The first-order chi connectivity index (χ1) is 14.6. The first-order valence-corrected chi connectivity index (χ1v) is 9.35. The number of carbonyl (C=O) groups is 2. The highest BCUT2D eigenvalue weighted by molar-refractivity contribution is 6.34. The number of nitrogens with one attached hydrogen (secondary N) is 1. The van der Waals surface area contributed by atoms with Gasteiger partial charge in [-0.05, 0) is 48.0 Å². The molecule has 0 saturated carbocycles. The molecule has 0 saturated heterocycles. The number of benzene rings is 2. The molecule has 3 aromatic rings. The van der Waals surface area contributed by atoms with E-state index in [2.05, 4.69) is 5.32 Å². The van der Waals surface area contributed by atoms with Gasteiger partial charge in [0.05, 0.1) is 16.8 Å². The average molecular weight is 426 g/mol. The second-order valence-electron chi connectivity index (χ2n) is 6.26. The van der Waals surface area contributed by atoms with E-state index in [1.54, 1.807) is 54.6 Å². The summed E-state index contributed by atoms with van der Waals surface area (Å²) in [6.45, 7) is 0.0517. The molecule has 4 rings (SSSR count). The molecule has 8 heteroatoms. The molecule has 1 amide bonds. The van der Waals surface area contributed by atoms with Gasteiger partial charge in [-0.3, -0.25) is 4.79 Å². The monoisotopic (exact) mass is 425 g/mol. The van der Waals surface area contributed by atoms with Crippen molar-refractivity contribution < 1.29 is 28.2 Å². The minimum Gasteiger partial charge on any atom is -0.466 e. The summed E-state index contributed by atoms with van der Waals surface area (Å²) in [6.07, 6.45) is 2.97. The van der Waals surface area contributed by atoms with Crippen molar-refractivity contribution in [3.8, 4) is 11.5 Å². The summed E-state index contributed by atoms with van der Waals surface area (Å²) in [4.78, 5) is 25.4. The lowest BCUT2D eigenvalue weighted by molar-refractivity contribution is -0.141. The van der Waals surface area contributed by atoms with Crippen LogP contribution in [-0.4, -0.2) is 18.7 Å². The van der Waals surface area contributed by atoms with Gasteiger partial charge in [0.2, 0.25) is 6.79 Å². The Labute approximate surface area is 176 Å². The molecule has 1 aromatic heterocycles. The van der Waals surface area contributed by atoms with Crippen molar-refractivity contribution in [1.82, 2.24) is 5.32 Å². The van der Waals surface area contributed by atoms with Crippen LogP contribution in [0, 0.1) is 0 Å². The molecule has 1 aliphatic rings. The molecule has 7 nitrogen and oxygen atoms in total. The van der Waals surface area contributed by atoms with Crippen LogP contribution in [0.3, 0.4) is 0 Å². The topological polar surface area (TPSA) is 87.0 Å². The maximum Gasteiger partial charge on any atom is 0.355 e. The summed E-state index contributed by atoms with van der Waals surface area (Å²) in [7, 11) is 0. The molecule has 2 heterocycles. The molecule has 1 aliphatic heterocycles. The summed E-state index contributed by atoms with van der Waals surface area (Å²) in [5.74, 6) is 0.355. The number of carbonyl (C=O) groups excluding carboxylic acids is 2. The molecule has 0 radical (unpaired) electrons. The van der Waals surface area contributed by atoms with E-state index in [-0.39, 0.29) is 29.7 Å². The van der Waals surface area contributed by atoms with E-state index in [1.165, 1.54) is 12.3 Å². The van der Waals surface area contributed by atoms with Crippen molar-refractivity contribution in [2.24, 2.45) is 0 Å². The van der Waals surface area contributed by atoms with Crippen LogP contribution in [0.2, 0.25) is 5.02 Å². The van der Waals surface area contributed by atoms with E-state index >= 15 is 0 Å². The summed E-state index contributed by atoms with van der Waals surface area (Å²) >= 11 is 6.10. The number of fused-ring (bicyclic) bond motifs is 1. The lowest BCUT2D eigenvalue weighted by atomic mass is 10.1. The summed E-state index contributed by atoms with van der Waals surface area (Å²) < 4.78 is 21.1. The number of esters is 1. The Bertz CT molecular complexity index is 1110. The Morgan fingerprint density at radius 2 is 1.90 bits per heavy atom. The minimum absolute atomic E-state index is 0.0645. The molecule has 0 fully saturated rings. The molecule has 0 bridgehead atoms. The fourth-order valence-electron chi connectivity index (χ4n) is 2.76. The minimum atomic E-state index is -0.732. The van der Waals surface area contributed by atoms with E-state index in [4.69, 9.17) is 30.2 Å². The fourth-order valence-corrected chi connectivity index (χ4v) is 2.98. The third-order valence-electron chi connectivity index (χ3n) is 4.22. The zero-order valence-electron chi connectivity index (χ0n) is 15.6. The van der Waals surface area contributed by atoms with Crippen LogP contribution in [0.15, 0.2) is 71.0 Å². The van der Waals surface area contributed by atoms with E-state index in [0.29, 0.717) is 22.8 Å². The van der Waals surface area contributed by atoms with Crippen LogP contribution in [0.5, 0.6) is 11.5 Å². The van der Waals surface area contributed by atoms with Crippen molar-refractivity contribution in [3.63, 3.8) is 0 Å². The van der Waals surface area contributed by atoms with Crippen LogP contribution in [-0.2, 0) is 16.1 Å². The largest absolute Gasteiger partial charge is 0.466 e. The van der Waals surface area contributed by atoms with Gasteiger partial charge in [-0.2, -0.15) is 0 Å². The standard InChI is InChI=1S/C22H16ClNO6/c23-17-6-2-1-5-16(17)21(25)24-18(22(26)28-12-15-4-3-9-27-15)10-14-7-8-19-20(11-14)30-13-29-19/h1-11H,12-13H2,(H,24,25)/b18-10-. The lowest BCUT2D eigenvalue weighted by Gasteiger charge is -2.11. The van der Waals surface area contributed by atoms with Gasteiger partial charge < -0.3 is 23.9 Å². The number of halogens is 1. The zero-order chi connectivity index (χ0) is 20.9. The average Bonchev–Trinajstić information content (AvgIpc) is 3.43. The number of hydrogen-bond acceptors (Lipinski definition) is 6. The molecule has 152 valence electrons. The van der Waals surface area contributed by atoms with Crippen molar-refractivity contribution >= 4 is 29.6 Å². The Morgan fingerprint density at radius 1 is 1.07 bits per heavy atom. The molecular formula is C22H16ClNO6. The highest BCUT2D eigenvalue weighted by atomic mass is 35.5. The second-order valence-corrected chi connectivity index (χ2v) is 6.67. The number of rotatable bonds is 6. The molecular weight excluding hydrogens is 410 g/mol. The Morgan fingerprint density at radius 3 is 2.70 bits per heavy atom. The number of amides is 1. The SMILES string of the molecule is O=C(OCc1ccco1)/C(=C/c1ccc2c(c1)OCO2)NC(=O)c1ccccc1Cl. The van der Waals surface area contributed by atoms with Gasteiger partial charge in [0.25, 0.3) is 5.91 Å². The molecule has 1 N–H and O–H groups in total. The Hall–Kier alpha value is -3.71. The number of ether oxygens (including phenoxy) is 3. The molecule has 0 unspecified atom stereocenters. The van der Waals surface area contributed by atoms with Crippen LogP contribution < -0.4 is 14.8 Å². The molecule has 0 aliphatic carbocycles. The third kappa shape index (κ3) is 4.47. The molecule has 0 spiro atoms. The maximum atomic E-state index is 12.7. The van der Waals surface area contributed by atoms with Gasteiger partial charge in [0, 0.05) is 0 Å². The maximum absolute atomic E-state index is 12.7. The predicted molar refractivity (Wildman–Crippen MR) is 108 cm³/mol. The summed E-state index contributed by atoms with van der Waals surface area (Å²) in [5.41, 5.74) is 0.781.